The molecular weight excluding hydrogens is 466 g/mol. The van der Waals surface area contributed by atoms with Gasteiger partial charge in [0, 0.05) is 29.0 Å². The van der Waals surface area contributed by atoms with E-state index in [0.717, 1.165) is 53.2 Å². The van der Waals surface area contributed by atoms with Gasteiger partial charge in [-0.3, -0.25) is 9.36 Å². The van der Waals surface area contributed by atoms with Gasteiger partial charge in [-0.1, -0.05) is 35.9 Å². The third-order valence-electron chi connectivity index (χ3n) is 6.39. The van der Waals surface area contributed by atoms with Crippen molar-refractivity contribution in [1.82, 2.24) is 14.5 Å². The molecule has 4 aromatic rings. The predicted octanol–water partition coefficient (Wildman–Crippen LogP) is 6.08. The van der Waals surface area contributed by atoms with Crippen molar-refractivity contribution >= 4 is 33.2 Å². The zero-order valence-electron chi connectivity index (χ0n) is 19.4. The van der Waals surface area contributed by atoms with Gasteiger partial charge in [0.05, 0.1) is 18.4 Å². The Bertz CT molecular complexity index is 1340. The molecule has 2 aromatic carbocycles. The molecule has 0 spiro atoms. The number of thiophene rings is 1. The molecule has 0 radical (unpaired) electrons. The summed E-state index contributed by atoms with van der Waals surface area (Å²) < 4.78 is 8.62. The monoisotopic (exact) mass is 493 g/mol. The third kappa shape index (κ3) is 5.04. The Labute approximate surface area is 208 Å². The van der Waals surface area contributed by atoms with Crippen LogP contribution in [0.2, 0.25) is 5.02 Å². The number of hydrogen-bond donors (Lipinski definition) is 0. The van der Waals surface area contributed by atoms with Crippen LogP contribution in [0.4, 0.5) is 0 Å². The number of benzene rings is 2. The lowest BCUT2D eigenvalue weighted by atomic mass is 10.1. The summed E-state index contributed by atoms with van der Waals surface area (Å²) in [7, 11) is 0. The number of piperidine rings is 1. The maximum absolute atomic E-state index is 13.2. The molecule has 0 saturated carbocycles. The number of hydrogen-bond acceptors (Lipinski definition) is 5. The number of aromatic nitrogens is 2. The molecule has 176 valence electrons. The Morgan fingerprint density at radius 2 is 1.88 bits per heavy atom. The van der Waals surface area contributed by atoms with Crippen molar-refractivity contribution in [3.63, 3.8) is 0 Å². The van der Waals surface area contributed by atoms with Crippen LogP contribution in [0, 0.1) is 0 Å². The zero-order chi connectivity index (χ0) is 23.7. The highest BCUT2D eigenvalue weighted by Crippen LogP contribution is 2.31. The van der Waals surface area contributed by atoms with Gasteiger partial charge in [0.2, 0.25) is 0 Å². The van der Waals surface area contributed by atoms with E-state index >= 15 is 0 Å². The SMILES string of the molecule is CC(C)N1CCC(Oc2cccc(Cn3cnc4cc(-c5ccc(Cl)cc5)sc4c3=O)c2)CC1. The molecule has 1 aliphatic heterocycles. The predicted molar refractivity (Wildman–Crippen MR) is 140 cm³/mol. The quantitative estimate of drug-likeness (QED) is 0.326. The van der Waals surface area contributed by atoms with E-state index in [-0.39, 0.29) is 11.7 Å². The number of likely N-dealkylation sites (tertiary alicyclic amines) is 1. The number of ether oxygens (including phenoxy) is 1. The van der Waals surface area contributed by atoms with E-state index in [1.165, 1.54) is 11.3 Å². The van der Waals surface area contributed by atoms with Gasteiger partial charge in [-0.2, -0.15) is 0 Å². The van der Waals surface area contributed by atoms with Gasteiger partial charge in [0.25, 0.3) is 5.56 Å². The Balaban J connectivity index is 1.32. The van der Waals surface area contributed by atoms with Crippen molar-refractivity contribution in [2.45, 2.75) is 45.4 Å². The summed E-state index contributed by atoms with van der Waals surface area (Å²) in [6, 6.07) is 18.2. The first-order valence-corrected chi connectivity index (χ1v) is 12.9. The number of halogens is 1. The summed E-state index contributed by atoms with van der Waals surface area (Å²) in [6.07, 6.45) is 3.95. The molecular formula is C27H28ClN3O2S. The van der Waals surface area contributed by atoms with Crippen LogP contribution in [0.5, 0.6) is 5.75 Å². The lowest BCUT2D eigenvalue weighted by Gasteiger charge is -2.34. The minimum absolute atomic E-state index is 0.0254. The molecule has 0 bridgehead atoms. The van der Waals surface area contributed by atoms with Crippen LogP contribution in [0.25, 0.3) is 20.7 Å². The largest absolute Gasteiger partial charge is 0.490 e. The van der Waals surface area contributed by atoms with E-state index in [1.54, 1.807) is 10.9 Å². The van der Waals surface area contributed by atoms with Gasteiger partial charge in [0.1, 0.15) is 16.6 Å². The molecule has 1 saturated heterocycles. The molecule has 3 heterocycles. The fourth-order valence-corrected chi connectivity index (χ4v) is 5.62. The lowest BCUT2D eigenvalue weighted by Crippen LogP contribution is -2.41. The van der Waals surface area contributed by atoms with Gasteiger partial charge in [0.15, 0.2) is 0 Å². The average molecular weight is 494 g/mol. The number of rotatable bonds is 6. The van der Waals surface area contributed by atoms with Crippen molar-refractivity contribution in [2.75, 3.05) is 13.1 Å². The van der Waals surface area contributed by atoms with Crippen LogP contribution in [-0.4, -0.2) is 39.7 Å². The Morgan fingerprint density at radius 3 is 2.62 bits per heavy atom. The highest BCUT2D eigenvalue weighted by Gasteiger charge is 2.22. The van der Waals surface area contributed by atoms with Crippen LogP contribution in [0.3, 0.4) is 0 Å². The second kappa shape index (κ2) is 9.90. The molecule has 1 fully saturated rings. The van der Waals surface area contributed by atoms with Gasteiger partial charge in [-0.15, -0.1) is 11.3 Å². The standard InChI is InChI=1S/C27H28ClN3O2S/c1-18(2)30-12-10-22(11-13-30)33-23-5-3-4-19(14-23)16-31-17-29-24-15-25(34-26(24)27(31)32)20-6-8-21(28)9-7-20/h3-9,14-15,17-18,22H,10-13,16H2,1-2H3. The first kappa shape index (κ1) is 23.1. The highest BCUT2D eigenvalue weighted by atomic mass is 35.5. The summed E-state index contributed by atoms with van der Waals surface area (Å²) >= 11 is 7.48. The number of nitrogens with zero attached hydrogens (tertiary/aromatic N) is 3. The van der Waals surface area contributed by atoms with Crippen molar-refractivity contribution in [3.05, 3.63) is 81.9 Å². The summed E-state index contributed by atoms with van der Waals surface area (Å²) in [4.78, 5) is 21.2. The molecule has 2 aromatic heterocycles. The van der Waals surface area contributed by atoms with Gasteiger partial charge >= 0.3 is 0 Å². The molecule has 1 aliphatic rings. The molecule has 5 nitrogen and oxygen atoms in total. The smallest absolute Gasteiger partial charge is 0.271 e. The summed E-state index contributed by atoms with van der Waals surface area (Å²) in [5, 5.41) is 0.692. The van der Waals surface area contributed by atoms with E-state index in [1.807, 2.05) is 54.6 Å². The number of fused-ring (bicyclic) bond motifs is 1. The van der Waals surface area contributed by atoms with Crippen LogP contribution >= 0.6 is 22.9 Å². The summed E-state index contributed by atoms with van der Waals surface area (Å²) in [6.45, 7) is 7.09. The van der Waals surface area contributed by atoms with Gasteiger partial charge < -0.3 is 9.64 Å². The fourth-order valence-electron chi connectivity index (χ4n) is 4.43. The van der Waals surface area contributed by atoms with E-state index in [0.29, 0.717) is 22.3 Å². The van der Waals surface area contributed by atoms with E-state index < -0.39 is 0 Å². The maximum Gasteiger partial charge on any atom is 0.271 e. The van der Waals surface area contributed by atoms with Crippen molar-refractivity contribution < 1.29 is 4.74 Å². The maximum atomic E-state index is 13.2. The summed E-state index contributed by atoms with van der Waals surface area (Å²) in [5.41, 5.74) is 2.75. The second-order valence-corrected chi connectivity index (χ2v) is 10.6. The zero-order valence-corrected chi connectivity index (χ0v) is 21.0. The average Bonchev–Trinajstić information content (AvgIpc) is 3.27. The third-order valence-corrected chi connectivity index (χ3v) is 7.81. The van der Waals surface area contributed by atoms with Crippen LogP contribution in [0.1, 0.15) is 32.3 Å². The van der Waals surface area contributed by atoms with E-state index in [2.05, 4.69) is 23.7 Å². The first-order chi connectivity index (χ1) is 16.5. The highest BCUT2D eigenvalue weighted by molar-refractivity contribution is 7.22. The molecule has 34 heavy (non-hydrogen) atoms. The molecule has 0 unspecified atom stereocenters. The van der Waals surface area contributed by atoms with Crippen LogP contribution in [-0.2, 0) is 6.54 Å². The lowest BCUT2D eigenvalue weighted by molar-refractivity contribution is 0.0842. The van der Waals surface area contributed by atoms with Gasteiger partial charge in [-0.25, -0.2) is 4.98 Å². The second-order valence-electron chi connectivity index (χ2n) is 9.10. The summed E-state index contributed by atoms with van der Waals surface area (Å²) in [5.74, 6) is 0.865. The minimum Gasteiger partial charge on any atom is -0.490 e. The Morgan fingerprint density at radius 1 is 1.12 bits per heavy atom. The Hall–Kier alpha value is -2.67. The molecule has 0 aliphatic carbocycles. The van der Waals surface area contributed by atoms with Crippen molar-refractivity contribution in [2.24, 2.45) is 0 Å². The molecule has 5 rings (SSSR count). The van der Waals surface area contributed by atoms with Crippen LogP contribution < -0.4 is 10.3 Å². The van der Waals surface area contributed by atoms with Crippen molar-refractivity contribution in [1.29, 1.82) is 0 Å². The normalized spacial score (nSPS) is 15.3. The molecule has 0 amide bonds. The topological polar surface area (TPSA) is 47.4 Å². The Kier molecular flexibility index (Phi) is 6.73. The minimum atomic E-state index is -0.0254. The first-order valence-electron chi connectivity index (χ1n) is 11.7. The molecule has 7 heteroatoms. The fraction of sp³-hybridized carbons (Fsp3) is 0.333. The van der Waals surface area contributed by atoms with Crippen LogP contribution in [0.15, 0.2) is 65.7 Å². The molecule has 0 atom stereocenters. The van der Waals surface area contributed by atoms with E-state index in [4.69, 9.17) is 16.3 Å². The van der Waals surface area contributed by atoms with Gasteiger partial charge in [-0.05, 0) is 68.1 Å². The van der Waals surface area contributed by atoms with Crippen molar-refractivity contribution in [3.8, 4) is 16.2 Å². The molecule has 0 N–H and O–H groups in total. The van der Waals surface area contributed by atoms with E-state index in [9.17, 15) is 4.79 Å².